The molecule has 0 saturated carbocycles. The molecule has 5 heteroatoms. The molecule has 17 heavy (non-hydrogen) atoms. The van der Waals surface area contributed by atoms with Gasteiger partial charge in [-0.15, -0.1) is 0 Å². The van der Waals surface area contributed by atoms with Gasteiger partial charge < -0.3 is 5.73 Å². The molecule has 3 unspecified atom stereocenters. The summed E-state index contributed by atoms with van der Waals surface area (Å²) in [6.07, 6.45) is -2.19. The van der Waals surface area contributed by atoms with Gasteiger partial charge in [0.15, 0.2) is 0 Å². The highest BCUT2D eigenvalue weighted by Crippen LogP contribution is 2.35. The average molecular weight is 252 g/mol. The highest BCUT2D eigenvalue weighted by molar-refractivity contribution is 4.94. The molecule has 1 saturated heterocycles. The van der Waals surface area contributed by atoms with E-state index < -0.39 is 18.3 Å². The molecule has 0 aliphatic carbocycles. The van der Waals surface area contributed by atoms with Gasteiger partial charge in [-0.25, -0.2) is 0 Å². The SMILES string of the molecule is CCC(N)C(N1CCCC1C(C)C)C(F)(F)F. The number of nitrogens with zero attached hydrogens (tertiary/aromatic N) is 1. The van der Waals surface area contributed by atoms with Gasteiger partial charge >= 0.3 is 6.18 Å². The molecule has 1 aliphatic heterocycles. The summed E-state index contributed by atoms with van der Waals surface area (Å²) in [7, 11) is 0. The highest BCUT2D eigenvalue weighted by Gasteiger charge is 2.49. The predicted octanol–water partition coefficient (Wildman–Crippen LogP) is 2.78. The molecule has 0 amide bonds. The largest absolute Gasteiger partial charge is 0.405 e. The van der Waals surface area contributed by atoms with Crippen LogP contribution in [0.4, 0.5) is 13.2 Å². The molecular formula is C12H23F3N2. The number of hydrogen-bond donors (Lipinski definition) is 1. The van der Waals surface area contributed by atoms with Crippen LogP contribution >= 0.6 is 0 Å². The van der Waals surface area contributed by atoms with Crippen molar-refractivity contribution in [3.05, 3.63) is 0 Å². The van der Waals surface area contributed by atoms with Crippen LogP contribution in [0, 0.1) is 5.92 Å². The van der Waals surface area contributed by atoms with E-state index in [2.05, 4.69) is 0 Å². The van der Waals surface area contributed by atoms with Crippen LogP contribution in [0.5, 0.6) is 0 Å². The molecule has 2 N–H and O–H groups in total. The molecule has 1 heterocycles. The standard InChI is InChI=1S/C12H23F3N2/c1-4-9(16)11(12(13,14)15)17-7-5-6-10(17)8(2)3/h8-11H,4-7,16H2,1-3H3. The molecule has 0 bridgehead atoms. The fourth-order valence-corrected chi connectivity index (χ4v) is 2.78. The van der Waals surface area contributed by atoms with E-state index in [9.17, 15) is 13.2 Å². The fourth-order valence-electron chi connectivity index (χ4n) is 2.78. The lowest BCUT2D eigenvalue weighted by molar-refractivity contribution is -0.193. The predicted molar refractivity (Wildman–Crippen MR) is 62.7 cm³/mol. The number of halogens is 3. The maximum atomic E-state index is 13.1. The van der Waals surface area contributed by atoms with Crippen LogP contribution in [0.2, 0.25) is 0 Å². The van der Waals surface area contributed by atoms with Crippen LogP contribution in [-0.2, 0) is 0 Å². The summed E-state index contributed by atoms with van der Waals surface area (Å²) in [5.74, 6) is 0.242. The van der Waals surface area contributed by atoms with Crippen molar-refractivity contribution in [2.24, 2.45) is 11.7 Å². The van der Waals surface area contributed by atoms with Gasteiger partial charge in [-0.3, -0.25) is 4.90 Å². The first-order valence-electron chi connectivity index (χ1n) is 6.37. The highest BCUT2D eigenvalue weighted by atomic mass is 19.4. The molecule has 0 aromatic carbocycles. The topological polar surface area (TPSA) is 29.3 Å². The molecule has 2 nitrogen and oxygen atoms in total. The van der Waals surface area contributed by atoms with Gasteiger partial charge in [0.2, 0.25) is 0 Å². The zero-order valence-electron chi connectivity index (χ0n) is 10.8. The van der Waals surface area contributed by atoms with Crippen LogP contribution < -0.4 is 5.73 Å². The van der Waals surface area contributed by atoms with Crippen molar-refractivity contribution in [3.8, 4) is 0 Å². The smallest absolute Gasteiger partial charge is 0.326 e. The van der Waals surface area contributed by atoms with E-state index in [1.807, 2.05) is 13.8 Å². The Kier molecular flexibility index (Phi) is 4.84. The molecule has 1 aliphatic rings. The normalized spacial score (nSPS) is 26.5. The Bertz CT molecular complexity index is 240. The number of rotatable bonds is 4. The maximum Gasteiger partial charge on any atom is 0.405 e. The fraction of sp³-hybridized carbons (Fsp3) is 1.00. The van der Waals surface area contributed by atoms with Crippen LogP contribution in [0.15, 0.2) is 0 Å². The van der Waals surface area contributed by atoms with Gasteiger partial charge in [-0.1, -0.05) is 20.8 Å². The zero-order chi connectivity index (χ0) is 13.2. The van der Waals surface area contributed by atoms with E-state index in [1.54, 1.807) is 11.8 Å². The Hall–Kier alpha value is -0.290. The minimum atomic E-state index is -4.23. The van der Waals surface area contributed by atoms with E-state index in [0.29, 0.717) is 13.0 Å². The second-order valence-corrected chi connectivity index (χ2v) is 5.25. The summed E-state index contributed by atoms with van der Waals surface area (Å²) in [5.41, 5.74) is 5.68. The number of likely N-dealkylation sites (tertiary alicyclic amines) is 1. The van der Waals surface area contributed by atoms with E-state index in [1.165, 1.54) is 0 Å². The third-order valence-corrected chi connectivity index (χ3v) is 3.68. The Morgan fingerprint density at radius 1 is 1.35 bits per heavy atom. The van der Waals surface area contributed by atoms with Crippen molar-refractivity contribution >= 4 is 0 Å². The quantitative estimate of drug-likeness (QED) is 0.833. The number of alkyl halides is 3. The average Bonchev–Trinajstić information content (AvgIpc) is 2.64. The van der Waals surface area contributed by atoms with Crippen LogP contribution in [0.25, 0.3) is 0 Å². The molecular weight excluding hydrogens is 229 g/mol. The summed E-state index contributed by atoms with van der Waals surface area (Å²) < 4.78 is 39.4. The van der Waals surface area contributed by atoms with Crippen molar-refractivity contribution in [3.63, 3.8) is 0 Å². The van der Waals surface area contributed by atoms with Gasteiger partial charge in [0.05, 0.1) is 0 Å². The lowest BCUT2D eigenvalue weighted by Crippen LogP contribution is -2.58. The molecule has 0 spiro atoms. The van der Waals surface area contributed by atoms with Crippen molar-refractivity contribution in [1.82, 2.24) is 4.90 Å². The van der Waals surface area contributed by atoms with Crippen LogP contribution in [0.1, 0.15) is 40.0 Å². The summed E-state index contributed by atoms with van der Waals surface area (Å²) in [4.78, 5) is 1.58. The van der Waals surface area contributed by atoms with E-state index in [-0.39, 0.29) is 12.0 Å². The zero-order valence-corrected chi connectivity index (χ0v) is 10.8. The molecule has 102 valence electrons. The lowest BCUT2D eigenvalue weighted by atomic mass is 9.97. The van der Waals surface area contributed by atoms with E-state index in [4.69, 9.17) is 5.73 Å². The molecule has 3 atom stereocenters. The molecule has 0 radical (unpaired) electrons. The first-order valence-corrected chi connectivity index (χ1v) is 6.37. The molecule has 1 rings (SSSR count). The minimum absolute atomic E-state index is 0.0132. The second kappa shape index (κ2) is 5.57. The summed E-state index contributed by atoms with van der Waals surface area (Å²) in [6.45, 7) is 6.19. The van der Waals surface area contributed by atoms with Gasteiger partial charge in [0, 0.05) is 12.1 Å². The Morgan fingerprint density at radius 3 is 2.35 bits per heavy atom. The van der Waals surface area contributed by atoms with Crippen molar-refractivity contribution in [2.45, 2.75) is 64.3 Å². The lowest BCUT2D eigenvalue weighted by Gasteiger charge is -2.39. The maximum absolute atomic E-state index is 13.1. The molecule has 0 aromatic heterocycles. The minimum Gasteiger partial charge on any atom is -0.326 e. The van der Waals surface area contributed by atoms with Crippen LogP contribution in [0.3, 0.4) is 0 Å². The summed E-state index contributed by atoms with van der Waals surface area (Å²) in [6, 6.07) is -2.30. The molecule has 1 fully saturated rings. The van der Waals surface area contributed by atoms with Crippen molar-refractivity contribution in [1.29, 1.82) is 0 Å². The third-order valence-electron chi connectivity index (χ3n) is 3.68. The Labute approximate surface area is 101 Å². The first-order chi connectivity index (χ1) is 7.79. The monoisotopic (exact) mass is 252 g/mol. The van der Waals surface area contributed by atoms with E-state index >= 15 is 0 Å². The van der Waals surface area contributed by atoms with Crippen molar-refractivity contribution in [2.75, 3.05) is 6.54 Å². The number of nitrogens with two attached hydrogens (primary N) is 1. The van der Waals surface area contributed by atoms with Gasteiger partial charge in [0.1, 0.15) is 6.04 Å². The van der Waals surface area contributed by atoms with E-state index in [0.717, 1.165) is 12.8 Å². The van der Waals surface area contributed by atoms with Crippen LogP contribution in [-0.4, -0.2) is 35.7 Å². The summed E-state index contributed by atoms with van der Waals surface area (Å²) in [5, 5.41) is 0. The second-order valence-electron chi connectivity index (χ2n) is 5.25. The Balaban J connectivity index is 2.90. The summed E-state index contributed by atoms with van der Waals surface area (Å²) >= 11 is 0. The third kappa shape index (κ3) is 3.35. The Morgan fingerprint density at radius 2 is 1.94 bits per heavy atom. The number of hydrogen-bond acceptors (Lipinski definition) is 2. The first kappa shape index (κ1) is 14.8. The van der Waals surface area contributed by atoms with Crippen molar-refractivity contribution < 1.29 is 13.2 Å². The van der Waals surface area contributed by atoms with Gasteiger partial charge in [0.25, 0.3) is 0 Å². The molecule has 0 aromatic rings. The van der Waals surface area contributed by atoms with Gasteiger partial charge in [-0.05, 0) is 31.7 Å². The van der Waals surface area contributed by atoms with Gasteiger partial charge in [-0.2, -0.15) is 13.2 Å².